The Balaban J connectivity index is 1.87. The number of likely N-dealkylation sites (N-methyl/N-ethyl adjacent to an activating group) is 1. The smallest absolute Gasteiger partial charge is 0.229 e. The lowest BCUT2D eigenvalue weighted by Gasteiger charge is -2.39. The first-order chi connectivity index (χ1) is 12.4. The SMILES string of the molecule is CN(C)CCc1c[nH]c2cccc(O[C@H]3O[C@H](CO)[C@@H](O)[C@H](O)C3O)c12. The Morgan fingerprint density at radius 2 is 1.92 bits per heavy atom. The predicted octanol–water partition coefficient (Wildman–Crippen LogP) is -0.549. The summed E-state index contributed by atoms with van der Waals surface area (Å²) in [5.74, 6) is 0.502. The number of aliphatic hydroxyl groups is 4. The second-order valence-corrected chi connectivity index (χ2v) is 6.86. The van der Waals surface area contributed by atoms with Crippen LogP contribution in [0.25, 0.3) is 10.9 Å². The van der Waals surface area contributed by atoms with Gasteiger partial charge >= 0.3 is 0 Å². The monoisotopic (exact) mass is 366 g/mol. The van der Waals surface area contributed by atoms with Crippen molar-refractivity contribution in [3.8, 4) is 5.75 Å². The maximum atomic E-state index is 10.2. The molecule has 144 valence electrons. The van der Waals surface area contributed by atoms with Crippen LogP contribution >= 0.6 is 0 Å². The zero-order valence-corrected chi connectivity index (χ0v) is 14.9. The molecule has 1 fully saturated rings. The summed E-state index contributed by atoms with van der Waals surface area (Å²) in [5.41, 5.74) is 1.95. The molecule has 8 heteroatoms. The van der Waals surface area contributed by atoms with E-state index in [-0.39, 0.29) is 0 Å². The van der Waals surface area contributed by atoms with Crippen LogP contribution in [0.4, 0.5) is 0 Å². The van der Waals surface area contributed by atoms with Crippen LogP contribution in [0.2, 0.25) is 0 Å². The first kappa shape index (κ1) is 19.1. The van der Waals surface area contributed by atoms with Gasteiger partial charge in [-0.15, -0.1) is 0 Å². The van der Waals surface area contributed by atoms with E-state index >= 15 is 0 Å². The molecule has 1 aromatic carbocycles. The van der Waals surface area contributed by atoms with Crippen LogP contribution in [-0.4, -0.2) is 88.3 Å². The summed E-state index contributed by atoms with van der Waals surface area (Å²) in [6, 6.07) is 5.50. The highest BCUT2D eigenvalue weighted by Crippen LogP contribution is 2.32. The van der Waals surface area contributed by atoms with Crippen molar-refractivity contribution in [2.45, 2.75) is 37.1 Å². The molecule has 5 N–H and O–H groups in total. The van der Waals surface area contributed by atoms with E-state index in [1.165, 1.54) is 0 Å². The summed E-state index contributed by atoms with van der Waals surface area (Å²) in [6.07, 6.45) is -3.79. The van der Waals surface area contributed by atoms with Crippen molar-refractivity contribution >= 4 is 10.9 Å². The minimum Gasteiger partial charge on any atom is -0.461 e. The molecule has 1 aromatic heterocycles. The topological polar surface area (TPSA) is 118 Å². The first-order valence-electron chi connectivity index (χ1n) is 8.63. The van der Waals surface area contributed by atoms with Crippen LogP contribution < -0.4 is 4.74 Å². The van der Waals surface area contributed by atoms with Crippen LogP contribution in [0.1, 0.15) is 5.56 Å². The quantitative estimate of drug-likeness (QED) is 0.465. The van der Waals surface area contributed by atoms with Crippen LogP contribution in [-0.2, 0) is 11.2 Å². The number of aliphatic hydroxyl groups excluding tert-OH is 4. The molecule has 1 aliphatic rings. The summed E-state index contributed by atoms with van der Waals surface area (Å²) in [7, 11) is 4.00. The fraction of sp³-hybridized carbons (Fsp3) is 0.556. The Kier molecular flexibility index (Phi) is 5.81. The van der Waals surface area contributed by atoms with E-state index in [2.05, 4.69) is 9.88 Å². The molecule has 26 heavy (non-hydrogen) atoms. The zero-order valence-electron chi connectivity index (χ0n) is 14.9. The Morgan fingerprint density at radius 3 is 2.62 bits per heavy atom. The van der Waals surface area contributed by atoms with Crippen molar-refractivity contribution in [1.29, 1.82) is 0 Å². The van der Waals surface area contributed by atoms with Gasteiger partial charge in [0, 0.05) is 23.6 Å². The number of hydrogen-bond donors (Lipinski definition) is 5. The van der Waals surface area contributed by atoms with Gasteiger partial charge in [-0.2, -0.15) is 0 Å². The van der Waals surface area contributed by atoms with E-state index in [1.807, 2.05) is 32.4 Å². The van der Waals surface area contributed by atoms with Crippen molar-refractivity contribution in [2.75, 3.05) is 27.2 Å². The van der Waals surface area contributed by atoms with E-state index in [0.717, 1.165) is 29.4 Å². The second kappa shape index (κ2) is 7.91. The van der Waals surface area contributed by atoms with Gasteiger partial charge in [0.25, 0.3) is 0 Å². The minimum absolute atomic E-state index is 0.493. The van der Waals surface area contributed by atoms with Crippen molar-refractivity contribution in [3.05, 3.63) is 30.0 Å². The summed E-state index contributed by atoms with van der Waals surface area (Å²) < 4.78 is 11.3. The third kappa shape index (κ3) is 3.71. The number of H-pyrrole nitrogens is 1. The molecule has 5 atom stereocenters. The summed E-state index contributed by atoms with van der Waals surface area (Å²) in [4.78, 5) is 5.29. The predicted molar refractivity (Wildman–Crippen MR) is 95.0 cm³/mol. The van der Waals surface area contributed by atoms with Crippen molar-refractivity contribution in [2.24, 2.45) is 0 Å². The van der Waals surface area contributed by atoms with Crippen molar-refractivity contribution < 1.29 is 29.9 Å². The van der Waals surface area contributed by atoms with Gasteiger partial charge in [0.05, 0.1) is 6.61 Å². The lowest BCUT2D eigenvalue weighted by atomic mass is 9.99. The highest BCUT2D eigenvalue weighted by Gasteiger charge is 2.44. The Morgan fingerprint density at radius 1 is 1.15 bits per heavy atom. The molecular weight excluding hydrogens is 340 g/mol. The minimum atomic E-state index is -1.47. The number of hydrogen-bond acceptors (Lipinski definition) is 7. The molecule has 3 rings (SSSR count). The fourth-order valence-corrected chi connectivity index (χ4v) is 3.15. The molecule has 0 saturated carbocycles. The van der Waals surface area contributed by atoms with Crippen LogP contribution in [0, 0.1) is 0 Å². The van der Waals surface area contributed by atoms with E-state index in [4.69, 9.17) is 9.47 Å². The molecule has 0 spiro atoms. The standard InChI is InChI=1S/C18H26N2O6/c1-20(2)7-6-10-8-19-11-4-3-5-12(14(10)11)25-18-17(24)16(23)15(22)13(9-21)26-18/h3-5,8,13,15-19,21-24H,6-7,9H2,1-2H3/t13-,15-,16+,17?,18+/m1/s1. The Labute approximate surface area is 151 Å². The molecule has 8 nitrogen and oxygen atoms in total. The van der Waals surface area contributed by atoms with E-state index in [9.17, 15) is 20.4 Å². The average Bonchev–Trinajstić information content (AvgIpc) is 3.04. The fourth-order valence-electron chi connectivity index (χ4n) is 3.15. The Bertz CT molecular complexity index is 732. The first-order valence-corrected chi connectivity index (χ1v) is 8.63. The number of ether oxygens (including phenoxy) is 2. The number of aromatic amines is 1. The molecule has 0 amide bonds. The number of nitrogens with zero attached hydrogens (tertiary/aromatic N) is 1. The molecule has 2 aromatic rings. The summed E-state index contributed by atoms with van der Waals surface area (Å²) in [6.45, 7) is 0.370. The zero-order chi connectivity index (χ0) is 18.8. The maximum absolute atomic E-state index is 10.2. The van der Waals surface area contributed by atoms with Gasteiger partial charge in [-0.1, -0.05) is 6.07 Å². The average molecular weight is 366 g/mol. The number of fused-ring (bicyclic) bond motifs is 1. The number of aromatic nitrogens is 1. The van der Waals surface area contributed by atoms with Gasteiger partial charge in [-0.25, -0.2) is 0 Å². The largest absolute Gasteiger partial charge is 0.461 e. The van der Waals surface area contributed by atoms with E-state index < -0.39 is 37.3 Å². The van der Waals surface area contributed by atoms with Crippen LogP contribution in [0.15, 0.2) is 24.4 Å². The lowest BCUT2D eigenvalue weighted by Crippen LogP contribution is -2.60. The maximum Gasteiger partial charge on any atom is 0.229 e. The second-order valence-electron chi connectivity index (χ2n) is 6.86. The van der Waals surface area contributed by atoms with Gasteiger partial charge < -0.3 is 39.8 Å². The van der Waals surface area contributed by atoms with E-state index in [1.54, 1.807) is 6.07 Å². The molecule has 1 aliphatic heterocycles. The number of rotatable bonds is 6. The Hall–Kier alpha value is -1.68. The molecule has 1 unspecified atom stereocenters. The molecule has 1 saturated heterocycles. The molecule has 0 radical (unpaired) electrons. The van der Waals surface area contributed by atoms with Gasteiger partial charge in [0.1, 0.15) is 30.2 Å². The molecule has 0 bridgehead atoms. The number of benzene rings is 1. The molecule has 0 aliphatic carbocycles. The third-order valence-electron chi connectivity index (χ3n) is 4.67. The van der Waals surface area contributed by atoms with Gasteiger partial charge in [-0.05, 0) is 38.2 Å². The highest BCUT2D eigenvalue weighted by atomic mass is 16.7. The van der Waals surface area contributed by atoms with Crippen molar-refractivity contribution in [3.63, 3.8) is 0 Å². The van der Waals surface area contributed by atoms with Crippen LogP contribution in [0.3, 0.4) is 0 Å². The highest BCUT2D eigenvalue weighted by molar-refractivity contribution is 5.89. The third-order valence-corrected chi connectivity index (χ3v) is 4.67. The summed E-state index contributed by atoms with van der Waals surface area (Å²) >= 11 is 0. The van der Waals surface area contributed by atoms with Gasteiger partial charge in [0.2, 0.25) is 6.29 Å². The summed E-state index contributed by atoms with van der Waals surface area (Å²) in [5, 5.41) is 40.2. The molecule has 2 heterocycles. The van der Waals surface area contributed by atoms with Gasteiger partial charge in [-0.3, -0.25) is 0 Å². The lowest BCUT2D eigenvalue weighted by molar-refractivity contribution is -0.277. The van der Waals surface area contributed by atoms with Crippen LogP contribution in [0.5, 0.6) is 5.75 Å². The molecular formula is C18H26N2O6. The van der Waals surface area contributed by atoms with E-state index in [0.29, 0.717) is 5.75 Å². The van der Waals surface area contributed by atoms with Gasteiger partial charge in [0.15, 0.2) is 0 Å². The normalized spacial score (nSPS) is 29.4. The number of nitrogens with one attached hydrogen (secondary N) is 1. The van der Waals surface area contributed by atoms with Crippen molar-refractivity contribution in [1.82, 2.24) is 9.88 Å².